The van der Waals surface area contributed by atoms with Gasteiger partial charge in [0.05, 0.1) is 0 Å². The molecule has 1 aromatic rings. The molecule has 0 saturated carbocycles. The topological polar surface area (TPSA) is 45.2 Å². The summed E-state index contributed by atoms with van der Waals surface area (Å²) in [5.41, 5.74) is 1.39. The summed E-state index contributed by atoms with van der Waals surface area (Å²) in [6.45, 7) is 2.66. The highest BCUT2D eigenvalue weighted by molar-refractivity contribution is 7.80. The Morgan fingerprint density at radius 1 is 1.59 bits per heavy atom. The molecule has 1 aliphatic rings. The van der Waals surface area contributed by atoms with Crippen molar-refractivity contribution in [2.45, 2.75) is 13.3 Å². The highest BCUT2D eigenvalue weighted by Gasteiger charge is 2.29. The Labute approximate surface area is 105 Å². The van der Waals surface area contributed by atoms with Crippen LogP contribution in [0.15, 0.2) is 30.2 Å². The van der Waals surface area contributed by atoms with E-state index < -0.39 is 0 Å². The van der Waals surface area contributed by atoms with Gasteiger partial charge >= 0.3 is 0 Å². The van der Waals surface area contributed by atoms with Crippen LogP contribution in [0.1, 0.15) is 18.9 Å². The van der Waals surface area contributed by atoms with Crippen molar-refractivity contribution in [2.24, 2.45) is 0 Å². The Bertz CT molecular complexity index is 470. The van der Waals surface area contributed by atoms with E-state index in [0.717, 1.165) is 12.0 Å². The van der Waals surface area contributed by atoms with E-state index in [9.17, 15) is 4.79 Å². The molecule has 0 spiro atoms. The van der Waals surface area contributed by atoms with Crippen LogP contribution in [0.25, 0.3) is 6.08 Å². The minimum Gasteiger partial charge on any atom is -0.328 e. The second-order valence-electron chi connectivity index (χ2n) is 3.73. The molecule has 1 saturated heterocycles. The third-order valence-electron chi connectivity index (χ3n) is 2.40. The van der Waals surface area contributed by atoms with Crippen LogP contribution in [0.2, 0.25) is 0 Å². The lowest BCUT2D eigenvalue weighted by molar-refractivity contribution is -0.122. The number of carbonyl (C=O) groups is 1. The number of nitrogens with zero attached hydrogens (tertiary/aromatic N) is 2. The first-order valence-corrected chi connectivity index (χ1v) is 5.87. The molecule has 2 heterocycles. The third-order valence-corrected chi connectivity index (χ3v) is 2.73. The standard InChI is InChI=1S/C12H13N3OS/c1-2-6-15-11(16)10(14-12(15)17)7-9-4-3-5-13-8-9/h3-5,7-8H,2,6H2,1H3,(H,14,17)/b10-7-. The molecule has 0 aromatic carbocycles. The van der Waals surface area contributed by atoms with Crippen LogP contribution in [0, 0.1) is 0 Å². The van der Waals surface area contributed by atoms with Crippen molar-refractivity contribution in [1.82, 2.24) is 15.2 Å². The summed E-state index contributed by atoms with van der Waals surface area (Å²) in [7, 11) is 0. The summed E-state index contributed by atoms with van der Waals surface area (Å²) in [5, 5.41) is 3.41. The van der Waals surface area contributed by atoms with Gasteiger partial charge in [-0.05, 0) is 36.3 Å². The molecule has 4 nitrogen and oxygen atoms in total. The molecule has 0 atom stereocenters. The highest BCUT2D eigenvalue weighted by Crippen LogP contribution is 2.13. The van der Waals surface area contributed by atoms with Gasteiger partial charge in [0.1, 0.15) is 5.70 Å². The van der Waals surface area contributed by atoms with Gasteiger partial charge in [0, 0.05) is 18.9 Å². The first-order chi connectivity index (χ1) is 8.22. The zero-order valence-electron chi connectivity index (χ0n) is 9.51. The lowest BCUT2D eigenvalue weighted by Crippen LogP contribution is -2.31. The lowest BCUT2D eigenvalue weighted by Gasteiger charge is -2.11. The number of amides is 1. The highest BCUT2D eigenvalue weighted by atomic mass is 32.1. The molecule has 1 aliphatic heterocycles. The molecule has 88 valence electrons. The number of carbonyl (C=O) groups excluding carboxylic acids is 1. The quantitative estimate of drug-likeness (QED) is 0.650. The van der Waals surface area contributed by atoms with Crippen LogP contribution in [0.5, 0.6) is 0 Å². The molecule has 17 heavy (non-hydrogen) atoms. The monoisotopic (exact) mass is 247 g/mol. The van der Waals surface area contributed by atoms with E-state index in [0.29, 0.717) is 17.4 Å². The Kier molecular flexibility index (Phi) is 3.49. The van der Waals surface area contributed by atoms with Gasteiger partial charge in [-0.1, -0.05) is 13.0 Å². The van der Waals surface area contributed by atoms with Crippen LogP contribution in [-0.4, -0.2) is 27.4 Å². The number of rotatable bonds is 3. The van der Waals surface area contributed by atoms with Gasteiger partial charge in [0.15, 0.2) is 5.11 Å². The number of hydrogen-bond acceptors (Lipinski definition) is 3. The summed E-state index contributed by atoms with van der Waals surface area (Å²) >= 11 is 5.11. The average molecular weight is 247 g/mol. The molecular formula is C12H13N3OS. The fraction of sp³-hybridized carbons (Fsp3) is 0.250. The molecule has 1 N–H and O–H groups in total. The van der Waals surface area contributed by atoms with E-state index in [1.54, 1.807) is 23.4 Å². The Morgan fingerprint density at radius 3 is 3.06 bits per heavy atom. The lowest BCUT2D eigenvalue weighted by atomic mass is 10.2. The van der Waals surface area contributed by atoms with Gasteiger partial charge in [-0.15, -0.1) is 0 Å². The minimum atomic E-state index is -0.0688. The maximum Gasteiger partial charge on any atom is 0.276 e. The first kappa shape index (κ1) is 11.7. The largest absolute Gasteiger partial charge is 0.328 e. The summed E-state index contributed by atoms with van der Waals surface area (Å²) in [6.07, 6.45) is 6.04. The molecule has 0 bridgehead atoms. The van der Waals surface area contributed by atoms with Crippen LogP contribution >= 0.6 is 12.2 Å². The van der Waals surface area contributed by atoms with Crippen LogP contribution in [-0.2, 0) is 4.79 Å². The maximum absolute atomic E-state index is 12.0. The maximum atomic E-state index is 12.0. The Balaban J connectivity index is 2.22. The van der Waals surface area contributed by atoms with Gasteiger partial charge < -0.3 is 5.32 Å². The normalized spacial score (nSPS) is 17.7. The molecule has 5 heteroatoms. The van der Waals surface area contributed by atoms with E-state index in [1.807, 2.05) is 19.1 Å². The molecule has 1 amide bonds. The van der Waals surface area contributed by atoms with Gasteiger partial charge in [0.25, 0.3) is 5.91 Å². The van der Waals surface area contributed by atoms with Crippen molar-refractivity contribution in [1.29, 1.82) is 0 Å². The predicted molar refractivity (Wildman–Crippen MR) is 70.0 cm³/mol. The van der Waals surface area contributed by atoms with Crippen molar-refractivity contribution < 1.29 is 4.79 Å². The van der Waals surface area contributed by atoms with Crippen LogP contribution in [0.4, 0.5) is 0 Å². The molecule has 0 aliphatic carbocycles. The van der Waals surface area contributed by atoms with E-state index in [1.165, 1.54) is 0 Å². The molecular weight excluding hydrogens is 234 g/mol. The van der Waals surface area contributed by atoms with Gasteiger partial charge in [-0.25, -0.2) is 0 Å². The zero-order valence-corrected chi connectivity index (χ0v) is 10.3. The fourth-order valence-electron chi connectivity index (χ4n) is 1.63. The summed E-state index contributed by atoms with van der Waals surface area (Å²) in [5.74, 6) is -0.0688. The van der Waals surface area contributed by atoms with E-state index in [2.05, 4.69) is 10.3 Å². The second kappa shape index (κ2) is 5.05. The Hall–Kier alpha value is -1.75. The summed E-state index contributed by atoms with van der Waals surface area (Å²) in [6, 6.07) is 3.72. The summed E-state index contributed by atoms with van der Waals surface area (Å²) in [4.78, 5) is 17.6. The van der Waals surface area contributed by atoms with Crippen molar-refractivity contribution in [3.63, 3.8) is 0 Å². The number of nitrogens with one attached hydrogen (secondary N) is 1. The van der Waals surface area contributed by atoms with Crippen molar-refractivity contribution in [3.8, 4) is 0 Å². The van der Waals surface area contributed by atoms with Crippen LogP contribution < -0.4 is 5.32 Å². The number of aromatic nitrogens is 1. The number of hydrogen-bond donors (Lipinski definition) is 1. The smallest absolute Gasteiger partial charge is 0.276 e. The fourth-order valence-corrected chi connectivity index (χ4v) is 1.91. The molecule has 1 aromatic heterocycles. The van der Waals surface area contributed by atoms with Gasteiger partial charge in [0.2, 0.25) is 0 Å². The molecule has 0 radical (unpaired) electrons. The molecule has 2 rings (SSSR count). The van der Waals surface area contributed by atoms with Crippen LogP contribution in [0.3, 0.4) is 0 Å². The number of pyridine rings is 1. The van der Waals surface area contributed by atoms with Gasteiger partial charge in [-0.2, -0.15) is 0 Å². The van der Waals surface area contributed by atoms with E-state index >= 15 is 0 Å². The molecule has 0 unspecified atom stereocenters. The van der Waals surface area contributed by atoms with E-state index in [4.69, 9.17) is 12.2 Å². The third kappa shape index (κ3) is 2.50. The predicted octanol–water partition coefficient (Wildman–Crippen LogP) is 1.55. The van der Waals surface area contributed by atoms with Gasteiger partial charge in [-0.3, -0.25) is 14.7 Å². The minimum absolute atomic E-state index is 0.0688. The van der Waals surface area contributed by atoms with Crippen molar-refractivity contribution in [3.05, 3.63) is 35.8 Å². The first-order valence-electron chi connectivity index (χ1n) is 5.47. The van der Waals surface area contributed by atoms with Crippen molar-refractivity contribution >= 4 is 29.3 Å². The SMILES string of the molecule is CCCN1C(=O)/C(=C/c2cccnc2)NC1=S. The molecule has 1 fully saturated rings. The average Bonchev–Trinajstić information content (AvgIpc) is 2.59. The second-order valence-corrected chi connectivity index (χ2v) is 4.12. The zero-order chi connectivity index (χ0) is 12.3. The summed E-state index contributed by atoms with van der Waals surface area (Å²) < 4.78 is 0. The van der Waals surface area contributed by atoms with Crippen molar-refractivity contribution in [2.75, 3.05) is 6.54 Å². The Morgan fingerprint density at radius 2 is 2.41 bits per heavy atom. The number of thiocarbonyl (C=S) groups is 1. The van der Waals surface area contributed by atoms with E-state index in [-0.39, 0.29) is 5.91 Å².